The predicted octanol–water partition coefficient (Wildman–Crippen LogP) is 3.57. The molecule has 2 aromatic heterocycles. The van der Waals surface area contributed by atoms with Crippen molar-refractivity contribution in [3.8, 4) is 11.3 Å². The van der Waals surface area contributed by atoms with E-state index in [1.807, 2.05) is 0 Å². The van der Waals surface area contributed by atoms with Crippen LogP contribution in [0.15, 0.2) is 51.8 Å². The van der Waals surface area contributed by atoms with E-state index in [2.05, 4.69) is 10.3 Å². The van der Waals surface area contributed by atoms with Crippen molar-refractivity contribution in [1.82, 2.24) is 15.2 Å². The second-order valence-corrected chi connectivity index (χ2v) is 7.36. The fraction of sp³-hybridized carbons (Fsp3) is 0.318. The maximum atomic E-state index is 13.9. The number of furan rings is 1. The van der Waals surface area contributed by atoms with Gasteiger partial charge in [0.2, 0.25) is 5.91 Å². The summed E-state index contributed by atoms with van der Waals surface area (Å²) in [6.07, 6.45) is 5.79. The van der Waals surface area contributed by atoms with Gasteiger partial charge in [0.05, 0.1) is 23.6 Å². The lowest BCUT2D eigenvalue weighted by atomic mass is 10.0. The van der Waals surface area contributed by atoms with E-state index in [1.54, 1.807) is 11.0 Å². The number of nitrogens with one attached hydrogen (secondary N) is 1. The first-order valence-electron chi connectivity index (χ1n) is 10.0. The molecule has 0 spiro atoms. The first-order valence-corrected chi connectivity index (χ1v) is 10.0. The smallest absolute Gasteiger partial charge is 0.257 e. The number of carbonyl (C=O) groups excluding carboxylic acids is 2. The number of benzene rings is 1. The normalized spacial score (nSPS) is 14.6. The van der Waals surface area contributed by atoms with Crippen molar-refractivity contribution in [2.75, 3.05) is 13.1 Å². The lowest BCUT2D eigenvalue weighted by Gasteiger charge is -2.32. The summed E-state index contributed by atoms with van der Waals surface area (Å²) in [6, 6.07) is 5.16. The Kier molecular flexibility index (Phi) is 6.11. The molecule has 0 radical (unpaired) electrons. The van der Waals surface area contributed by atoms with Crippen LogP contribution in [-0.2, 0) is 11.2 Å². The zero-order valence-electron chi connectivity index (χ0n) is 16.6. The second-order valence-electron chi connectivity index (χ2n) is 7.36. The molecule has 1 aromatic carbocycles. The fourth-order valence-corrected chi connectivity index (χ4v) is 3.59. The third-order valence-corrected chi connectivity index (χ3v) is 5.24. The minimum absolute atomic E-state index is 0.0133. The Labute approximate surface area is 177 Å². The molecule has 0 saturated carbocycles. The van der Waals surface area contributed by atoms with Gasteiger partial charge in [-0.3, -0.25) is 9.59 Å². The van der Waals surface area contributed by atoms with Gasteiger partial charge in [-0.2, -0.15) is 0 Å². The van der Waals surface area contributed by atoms with Crippen LogP contribution in [-0.4, -0.2) is 40.8 Å². The van der Waals surface area contributed by atoms with Crippen LogP contribution in [0.25, 0.3) is 11.3 Å². The van der Waals surface area contributed by atoms with Gasteiger partial charge in [-0.05, 0) is 31.0 Å². The molecule has 31 heavy (non-hydrogen) atoms. The van der Waals surface area contributed by atoms with Gasteiger partial charge in [0, 0.05) is 32.0 Å². The minimum Gasteiger partial charge on any atom is -0.472 e. The van der Waals surface area contributed by atoms with E-state index in [0.717, 1.165) is 12.1 Å². The second kappa shape index (κ2) is 9.11. The largest absolute Gasteiger partial charge is 0.472 e. The summed E-state index contributed by atoms with van der Waals surface area (Å²) in [4.78, 5) is 30.3. The SMILES string of the molecule is O=C(CCc1ncc(-c2c(F)cccc2F)o1)NC1CCN(C(=O)c2ccoc2)CC1. The minimum atomic E-state index is -0.738. The van der Waals surface area contributed by atoms with Gasteiger partial charge in [0.25, 0.3) is 5.91 Å². The zero-order chi connectivity index (χ0) is 21.8. The average molecular weight is 429 g/mol. The summed E-state index contributed by atoms with van der Waals surface area (Å²) >= 11 is 0. The third kappa shape index (κ3) is 4.82. The van der Waals surface area contributed by atoms with Crippen LogP contribution in [0, 0.1) is 11.6 Å². The third-order valence-electron chi connectivity index (χ3n) is 5.24. The lowest BCUT2D eigenvalue weighted by Crippen LogP contribution is -2.46. The van der Waals surface area contributed by atoms with Crippen LogP contribution < -0.4 is 5.32 Å². The van der Waals surface area contributed by atoms with Crippen molar-refractivity contribution in [2.45, 2.75) is 31.7 Å². The van der Waals surface area contributed by atoms with Crippen molar-refractivity contribution >= 4 is 11.8 Å². The van der Waals surface area contributed by atoms with Crippen molar-refractivity contribution in [3.63, 3.8) is 0 Å². The van der Waals surface area contributed by atoms with Crippen LogP contribution in [0.5, 0.6) is 0 Å². The highest BCUT2D eigenvalue weighted by Crippen LogP contribution is 2.26. The molecule has 4 rings (SSSR count). The molecule has 1 N–H and O–H groups in total. The Hall–Kier alpha value is -3.49. The van der Waals surface area contributed by atoms with E-state index >= 15 is 0 Å². The molecule has 3 heterocycles. The maximum Gasteiger partial charge on any atom is 0.257 e. The summed E-state index contributed by atoms with van der Waals surface area (Å²) in [5, 5.41) is 2.96. The van der Waals surface area contributed by atoms with Crippen molar-refractivity contribution in [1.29, 1.82) is 0 Å². The van der Waals surface area contributed by atoms with Gasteiger partial charge >= 0.3 is 0 Å². The molecule has 9 heteroatoms. The first kappa shape index (κ1) is 20.8. The van der Waals surface area contributed by atoms with E-state index in [4.69, 9.17) is 8.83 Å². The molecule has 0 atom stereocenters. The van der Waals surface area contributed by atoms with Gasteiger partial charge in [-0.1, -0.05) is 6.07 Å². The van der Waals surface area contributed by atoms with E-state index in [-0.39, 0.29) is 47.9 Å². The van der Waals surface area contributed by atoms with Gasteiger partial charge < -0.3 is 19.1 Å². The van der Waals surface area contributed by atoms with E-state index < -0.39 is 11.6 Å². The molecule has 2 amide bonds. The number of carbonyl (C=O) groups is 2. The van der Waals surface area contributed by atoms with Gasteiger partial charge in [0.1, 0.15) is 17.9 Å². The zero-order valence-corrected chi connectivity index (χ0v) is 16.6. The number of likely N-dealkylation sites (tertiary alicyclic amines) is 1. The average Bonchev–Trinajstić information content (AvgIpc) is 3.45. The molecule has 1 aliphatic heterocycles. The van der Waals surface area contributed by atoms with Gasteiger partial charge in [-0.25, -0.2) is 13.8 Å². The molecule has 162 valence electrons. The number of hydrogen-bond acceptors (Lipinski definition) is 5. The summed E-state index contributed by atoms with van der Waals surface area (Å²) in [5.74, 6) is -1.51. The standard InChI is InChI=1S/C22H21F2N3O4/c23-16-2-1-3-17(24)21(16)18-12-25-20(31-18)5-4-19(28)26-15-6-9-27(10-7-15)22(29)14-8-11-30-13-14/h1-3,8,11-13,15H,4-7,9-10H2,(H,26,28). The quantitative estimate of drug-likeness (QED) is 0.647. The molecule has 1 fully saturated rings. The monoisotopic (exact) mass is 429 g/mol. The van der Waals surface area contributed by atoms with Crippen LogP contribution in [0.1, 0.15) is 35.5 Å². The van der Waals surface area contributed by atoms with Crippen molar-refractivity contribution in [2.24, 2.45) is 0 Å². The molecule has 0 aliphatic carbocycles. The topological polar surface area (TPSA) is 88.6 Å². The Bertz CT molecular complexity index is 1040. The first-order chi connectivity index (χ1) is 15.0. The number of hydrogen-bond donors (Lipinski definition) is 1. The number of halogens is 2. The number of rotatable bonds is 6. The summed E-state index contributed by atoms with van der Waals surface area (Å²) in [7, 11) is 0. The summed E-state index contributed by atoms with van der Waals surface area (Å²) < 4.78 is 38.1. The molecule has 1 saturated heterocycles. The Morgan fingerprint density at radius 3 is 2.58 bits per heavy atom. The van der Waals surface area contributed by atoms with Crippen LogP contribution >= 0.6 is 0 Å². The number of amides is 2. The van der Waals surface area contributed by atoms with E-state index in [9.17, 15) is 18.4 Å². The van der Waals surface area contributed by atoms with Gasteiger partial charge in [0.15, 0.2) is 11.7 Å². The lowest BCUT2D eigenvalue weighted by molar-refractivity contribution is -0.122. The molecule has 0 unspecified atom stereocenters. The molecular weight excluding hydrogens is 408 g/mol. The molecule has 0 bridgehead atoms. The van der Waals surface area contributed by atoms with Crippen LogP contribution in [0.3, 0.4) is 0 Å². The number of nitrogens with zero attached hydrogens (tertiary/aromatic N) is 2. The van der Waals surface area contributed by atoms with Crippen molar-refractivity contribution < 1.29 is 27.2 Å². The van der Waals surface area contributed by atoms with Crippen LogP contribution in [0.2, 0.25) is 0 Å². The number of aryl methyl sites for hydroxylation is 1. The molecular formula is C22H21F2N3O4. The van der Waals surface area contributed by atoms with Gasteiger partial charge in [-0.15, -0.1) is 0 Å². The number of aromatic nitrogens is 1. The van der Waals surface area contributed by atoms with E-state index in [1.165, 1.54) is 24.8 Å². The highest BCUT2D eigenvalue weighted by Gasteiger charge is 2.25. The Morgan fingerprint density at radius 2 is 1.90 bits per heavy atom. The van der Waals surface area contributed by atoms with Crippen LogP contribution in [0.4, 0.5) is 8.78 Å². The Balaban J connectivity index is 1.24. The highest BCUT2D eigenvalue weighted by atomic mass is 19.1. The molecule has 3 aromatic rings. The molecule has 1 aliphatic rings. The number of oxazole rings is 1. The highest BCUT2D eigenvalue weighted by molar-refractivity contribution is 5.93. The Morgan fingerprint density at radius 1 is 1.16 bits per heavy atom. The fourth-order valence-electron chi connectivity index (χ4n) is 3.59. The molecule has 7 nitrogen and oxygen atoms in total. The maximum absolute atomic E-state index is 13.9. The summed E-state index contributed by atoms with van der Waals surface area (Å²) in [5.41, 5.74) is 0.241. The number of piperidine rings is 1. The predicted molar refractivity (Wildman–Crippen MR) is 106 cm³/mol. The summed E-state index contributed by atoms with van der Waals surface area (Å²) in [6.45, 7) is 1.10. The van der Waals surface area contributed by atoms with E-state index in [0.29, 0.717) is 31.5 Å². The van der Waals surface area contributed by atoms with Crippen molar-refractivity contribution in [3.05, 3.63) is 66.1 Å².